The minimum atomic E-state index is -0.776. The first-order valence-electron chi connectivity index (χ1n) is 7.54. The summed E-state index contributed by atoms with van der Waals surface area (Å²) in [5.74, 6) is -0.204. The molecular weight excluding hydrogens is 330 g/mol. The number of hydrogen-bond donors (Lipinski definition) is 3. The largest absolute Gasteiger partial charge is 0.508 e. The number of carbonyl (C=O) groups excluding carboxylic acids is 1. The number of aryl methyl sites for hydroxylation is 1. The fourth-order valence-electron chi connectivity index (χ4n) is 2.56. The highest BCUT2D eigenvalue weighted by molar-refractivity contribution is 6.30. The van der Waals surface area contributed by atoms with Crippen molar-refractivity contribution >= 4 is 17.5 Å². The molecule has 3 N–H and O–H groups in total. The van der Waals surface area contributed by atoms with Crippen LogP contribution in [0.15, 0.2) is 29.3 Å². The first-order chi connectivity index (χ1) is 11.2. The molecule has 0 saturated heterocycles. The van der Waals surface area contributed by atoms with E-state index in [4.69, 9.17) is 11.6 Å². The van der Waals surface area contributed by atoms with Crippen molar-refractivity contribution in [3.63, 3.8) is 0 Å². The number of amides is 1. The molecule has 2 aromatic rings. The lowest BCUT2D eigenvalue weighted by atomic mass is 9.93. The van der Waals surface area contributed by atoms with E-state index in [1.807, 2.05) is 0 Å². The van der Waals surface area contributed by atoms with Gasteiger partial charge >= 0.3 is 0 Å². The van der Waals surface area contributed by atoms with Crippen LogP contribution in [0.3, 0.4) is 0 Å². The molecule has 0 saturated carbocycles. The first-order valence-corrected chi connectivity index (χ1v) is 7.91. The van der Waals surface area contributed by atoms with Gasteiger partial charge in [-0.15, -0.1) is 0 Å². The number of halogens is 1. The molecule has 1 amide bonds. The zero-order valence-corrected chi connectivity index (χ0v) is 14.6. The molecule has 0 bridgehead atoms. The fourth-order valence-corrected chi connectivity index (χ4v) is 2.73. The molecule has 0 fully saturated rings. The molecule has 128 valence electrons. The highest BCUT2D eigenvalue weighted by Crippen LogP contribution is 2.31. The molecule has 0 radical (unpaired) electrons. The number of phenolic OH excluding ortho intramolecular Hbond substituents is 1. The van der Waals surface area contributed by atoms with Crippen molar-refractivity contribution in [2.24, 2.45) is 0 Å². The second kappa shape index (κ2) is 7.05. The van der Waals surface area contributed by atoms with Gasteiger partial charge in [0.25, 0.3) is 5.56 Å². The van der Waals surface area contributed by atoms with Gasteiger partial charge in [0.2, 0.25) is 5.91 Å². The molecule has 1 heterocycles. The van der Waals surface area contributed by atoms with E-state index in [9.17, 15) is 14.7 Å². The van der Waals surface area contributed by atoms with Crippen LogP contribution in [-0.2, 0) is 16.8 Å². The Balaban J connectivity index is 2.07. The van der Waals surface area contributed by atoms with Crippen molar-refractivity contribution in [1.82, 2.24) is 15.3 Å². The lowest BCUT2D eigenvalue weighted by molar-refractivity contribution is -0.122. The number of nitrogens with zero attached hydrogens (tertiary/aromatic N) is 1. The van der Waals surface area contributed by atoms with Crippen LogP contribution in [0, 0.1) is 6.92 Å². The lowest BCUT2D eigenvalue weighted by Crippen LogP contribution is -2.41. The molecule has 0 spiro atoms. The van der Waals surface area contributed by atoms with Crippen LogP contribution in [-0.4, -0.2) is 21.0 Å². The monoisotopic (exact) mass is 349 g/mol. The van der Waals surface area contributed by atoms with E-state index in [0.29, 0.717) is 28.3 Å². The summed E-state index contributed by atoms with van der Waals surface area (Å²) in [4.78, 5) is 30.6. The Morgan fingerprint density at radius 2 is 2.12 bits per heavy atom. The average molecular weight is 350 g/mol. The maximum absolute atomic E-state index is 12.3. The number of benzene rings is 1. The summed E-state index contributed by atoms with van der Waals surface area (Å²) < 4.78 is 0. The zero-order chi connectivity index (χ0) is 17.9. The van der Waals surface area contributed by atoms with E-state index in [1.165, 1.54) is 12.4 Å². The Hall–Kier alpha value is -2.34. The molecule has 1 aromatic heterocycles. The third kappa shape index (κ3) is 4.14. The summed E-state index contributed by atoms with van der Waals surface area (Å²) in [6, 6.07) is 4.76. The predicted molar refractivity (Wildman–Crippen MR) is 92.2 cm³/mol. The molecule has 0 aliphatic rings. The quantitative estimate of drug-likeness (QED) is 0.772. The maximum Gasteiger partial charge on any atom is 0.254 e. The molecule has 0 unspecified atom stereocenters. The number of rotatable bonds is 5. The van der Waals surface area contributed by atoms with Crippen LogP contribution >= 0.6 is 11.6 Å². The van der Waals surface area contributed by atoms with Crippen LogP contribution in [0.4, 0.5) is 0 Å². The first kappa shape index (κ1) is 18.0. The van der Waals surface area contributed by atoms with E-state index in [1.54, 1.807) is 32.9 Å². The highest BCUT2D eigenvalue weighted by atomic mass is 35.5. The van der Waals surface area contributed by atoms with Crippen LogP contribution in [0.5, 0.6) is 5.75 Å². The Labute approximate surface area is 144 Å². The van der Waals surface area contributed by atoms with E-state index in [0.717, 1.165) is 0 Å². The standard InChI is InChI=1S/C17H20ClN3O3/c1-10-12(16(24)20-9-19-10)5-7-15(23)21-17(2,3)13-6-4-11(18)8-14(13)22/h4,6,8-9,22H,5,7H2,1-3H3,(H,21,23)(H,19,20,24). The number of carbonyl (C=O) groups is 1. The maximum atomic E-state index is 12.3. The molecule has 0 aliphatic carbocycles. The number of phenols is 1. The topological polar surface area (TPSA) is 95.1 Å². The predicted octanol–water partition coefficient (Wildman–Crippen LogP) is 2.42. The Kier molecular flexibility index (Phi) is 5.29. The minimum Gasteiger partial charge on any atom is -0.508 e. The number of H-pyrrole nitrogens is 1. The second-order valence-corrected chi connectivity index (χ2v) is 6.57. The van der Waals surface area contributed by atoms with Gasteiger partial charge in [0.15, 0.2) is 0 Å². The normalized spacial score (nSPS) is 11.3. The van der Waals surface area contributed by atoms with Crippen LogP contribution in [0.1, 0.15) is 37.1 Å². The van der Waals surface area contributed by atoms with Crippen molar-refractivity contribution < 1.29 is 9.90 Å². The van der Waals surface area contributed by atoms with Crippen molar-refractivity contribution in [1.29, 1.82) is 0 Å². The van der Waals surface area contributed by atoms with Crippen molar-refractivity contribution in [2.75, 3.05) is 0 Å². The van der Waals surface area contributed by atoms with Gasteiger partial charge in [-0.1, -0.05) is 17.7 Å². The summed E-state index contributed by atoms with van der Waals surface area (Å²) in [7, 11) is 0. The smallest absolute Gasteiger partial charge is 0.254 e. The van der Waals surface area contributed by atoms with Gasteiger partial charge in [0.1, 0.15) is 5.75 Å². The fraction of sp³-hybridized carbons (Fsp3) is 0.353. The van der Waals surface area contributed by atoms with Crippen molar-refractivity contribution in [3.05, 3.63) is 56.7 Å². The molecule has 24 heavy (non-hydrogen) atoms. The molecule has 6 nitrogen and oxygen atoms in total. The van der Waals surface area contributed by atoms with E-state index >= 15 is 0 Å². The summed E-state index contributed by atoms with van der Waals surface area (Å²) in [5.41, 5.74) is 0.670. The third-order valence-electron chi connectivity index (χ3n) is 3.85. The van der Waals surface area contributed by atoms with Gasteiger partial charge in [-0.25, -0.2) is 4.98 Å². The summed E-state index contributed by atoms with van der Waals surface area (Å²) >= 11 is 5.83. The molecule has 0 aliphatic heterocycles. The van der Waals surface area contributed by atoms with Crippen LogP contribution in [0.2, 0.25) is 5.02 Å². The molecule has 7 heteroatoms. The second-order valence-electron chi connectivity index (χ2n) is 6.13. The lowest BCUT2D eigenvalue weighted by Gasteiger charge is -2.27. The third-order valence-corrected chi connectivity index (χ3v) is 4.09. The van der Waals surface area contributed by atoms with Gasteiger partial charge in [-0.05, 0) is 39.3 Å². The summed E-state index contributed by atoms with van der Waals surface area (Å²) in [6.07, 6.45) is 1.78. The zero-order valence-electron chi connectivity index (χ0n) is 13.8. The Morgan fingerprint density at radius 1 is 1.42 bits per heavy atom. The van der Waals surface area contributed by atoms with Gasteiger partial charge in [-0.2, -0.15) is 0 Å². The molecule has 2 rings (SSSR count). The van der Waals surface area contributed by atoms with Gasteiger partial charge < -0.3 is 15.4 Å². The van der Waals surface area contributed by atoms with E-state index < -0.39 is 5.54 Å². The number of aromatic amines is 1. The Bertz CT molecular complexity index is 815. The Morgan fingerprint density at radius 3 is 2.75 bits per heavy atom. The molecule has 1 aromatic carbocycles. The van der Waals surface area contributed by atoms with Gasteiger partial charge in [0, 0.05) is 28.3 Å². The molecule has 0 atom stereocenters. The summed E-state index contributed by atoms with van der Waals surface area (Å²) in [6.45, 7) is 5.31. The number of hydrogen-bond acceptors (Lipinski definition) is 4. The molecular formula is C17H20ClN3O3. The number of nitrogens with one attached hydrogen (secondary N) is 2. The van der Waals surface area contributed by atoms with Gasteiger partial charge in [0.05, 0.1) is 11.9 Å². The van der Waals surface area contributed by atoms with E-state index in [2.05, 4.69) is 15.3 Å². The van der Waals surface area contributed by atoms with Crippen LogP contribution in [0.25, 0.3) is 0 Å². The van der Waals surface area contributed by atoms with Crippen molar-refractivity contribution in [3.8, 4) is 5.75 Å². The number of aromatic nitrogens is 2. The number of aromatic hydroxyl groups is 1. The van der Waals surface area contributed by atoms with Crippen molar-refractivity contribution in [2.45, 2.75) is 39.2 Å². The van der Waals surface area contributed by atoms with Crippen LogP contribution < -0.4 is 10.9 Å². The van der Waals surface area contributed by atoms with E-state index in [-0.39, 0.29) is 23.6 Å². The van der Waals surface area contributed by atoms with Gasteiger partial charge in [-0.3, -0.25) is 9.59 Å². The average Bonchev–Trinajstić information content (AvgIpc) is 2.45. The summed E-state index contributed by atoms with van der Waals surface area (Å²) in [5, 5.41) is 13.3. The highest BCUT2D eigenvalue weighted by Gasteiger charge is 2.26. The SMILES string of the molecule is Cc1nc[nH]c(=O)c1CCC(=O)NC(C)(C)c1ccc(Cl)cc1O. The minimum absolute atomic E-state index is 0.0207.